The van der Waals surface area contributed by atoms with Crippen molar-refractivity contribution in [2.75, 3.05) is 6.54 Å². The first kappa shape index (κ1) is 13.7. The molecule has 0 saturated carbocycles. The third-order valence-corrected chi connectivity index (χ3v) is 3.27. The summed E-state index contributed by atoms with van der Waals surface area (Å²) in [6.07, 6.45) is 0.885. The first-order chi connectivity index (χ1) is 7.79. The summed E-state index contributed by atoms with van der Waals surface area (Å²) in [7, 11) is 0. The van der Waals surface area contributed by atoms with Gasteiger partial charge in [0.05, 0.1) is 4.88 Å². The number of carboxylic acids is 1. The molecule has 0 saturated heterocycles. The molecular weight excluding hydrogens is 238 g/mol. The molecule has 1 aromatic heterocycles. The molecule has 0 unspecified atom stereocenters. The molecule has 94 valence electrons. The third-order valence-electron chi connectivity index (χ3n) is 2.20. The van der Waals surface area contributed by atoms with Crippen LogP contribution in [0.5, 0.6) is 0 Å². The highest BCUT2D eigenvalue weighted by Crippen LogP contribution is 2.18. The molecule has 17 heavy (non-hydrogen) atoms. The second-order valence-corrected chi connectivity index (χ2v) is 6.12. The van der Waals surface area contributed by atoms with Gasteiger partial charge in [0.1, 0.15) is 4.88 Å². The lowest BCUT2D eigenvalue weighted by Crippen LogP contribution is -2.26. The Morgan fingerprint density at radius 3 is 2.35 bits per heavy atom. The average molecular weight is 255 g/mol. The van der Waals surface area contributed by atoms with E-state index in [0.29, 0.717) is 11.4 Å². The largest absolute Gasteiger partial charge is 0.477 e. The second-order valence-electron chi connectivity index (χ2n) is 5.04. The van der Waals surface area contributed by atoms with Gasteiger partial charge in [-0.1, -0.05) is 20.8 Å². The van der Waals surface area contributed by atoms with E-state index in [-0.39, 0.29) is 16.2 Å². The molecule has 1 heterocycles. The summed E-state index contributed by atoms with van der Waals surface area (Å²) in [5.74, 6) is -1.20. The van der Waals surface area contributed by atoms with Crippen molar-refractivity contribution in [3.8, 4) is 0 Å². The van der Waals surface area contributed by atoms with E-state index in [1.54, 1.807) is 6.07 Å². The number of carbonyl (C=O) groups excluding carboxylic acids is 1. The highest BCUT2D eigenvalue weighted by molar-refractivity contribution is 7.15. The van der Waals surface area contributed by atoms with Gasteiger partial charge in [0.15, 0.2) is 0 Å². The summed E-state index contributed by atoms with van der Waals surface area (Å²) in [6.45, 7) is 6.91. The predicted octanol–water partition coefficient (Wildman–Crippen LogP) is 2.61. The molecule has 1 rings (SSSR count). The standard InChI is InChI=1S/C12H17NO3S/c1-12(2,3)6-7-13-10(14)8-4-5-9(17-8)11(15)16/h4-5H,6-7H2,1-3H3,(H,13,14)(H,15,16). The van der Waals surface area contributed by atoms with E-state index in [2.05, 4.69) is 26.1 Å². The maximum atomic E-state index is 11.7. The molecule has 0 aliphatic heterocycles. The van der Waals surface area contributed by atoms with Gasteiger partial charge in [0.25, 0.3) is 5.91 Å². The topological polar surface area (TPSA) is 66.4 Å². The summed E-state index contributed by atoms with van der Waals surface area (Å²) >= 11 is 0.995. The van der Waals surface area contributed by atoms with Gasteiger partial charge in [-0.25, -0.2) is 4.79 Å². The van der Waals surface area contributed by atoms with E-state index < -0.39 is 5.97 Å². The van der Waals surface area contributed by atoms with Gasteiger partial charge in [-0.05, 0) is 24.0 Å². The lowest BCUT2D eigenvalue weighted by molar-refractivity contribution is 0.0702. The second kappa shape index (κ2) is 5.31. The highest BCUT2D eigenvalue weighted by Gasteiger charge is 2.14. The zero-order chi connectivity index (χ0) is 13.1. The van der Waals surface area contributed by atoms with Gasteiger partial charge in [-0.15, -0.1) is 11.3 Å². The number of hydrogen-bond donors (Lipinski definition) is 2. The van der Waals surface area contributed by atoms with Crippen LogP contribution in [-0.4, -0.2) is 23.5 Å². The number of aromatic carboxylic acids is 1. The molecular formula is C12H17NO3S. The summed E-state index contributed by atoms with van der Waals surface area (Å²) < 4.78 is 0. The highest BCUT2D eigenvalue weighted by atomic mass is 32.1. The molecule has 1 aromatic rings. The van der Waals surface area contributed by atoms with Crippen LogP contribution in [0.15, 0.2) is 12.1 Å². The van der Waals surface area contributed by atoms with Gasteiger partial charge < -0.3 is 10.4 Å². The summed E-state index contributed by atoms with van der Waals surface area (Å²) in [5, 5.41) is 11.5. The number of carboxylic acid groups (broad SMARTS) is 1. The number of rotatable bonds is 4. The average Bonchev–Trinajstić information content (AvgIpc) is 2.63. The molecule has 0 radical (unpaired) electrons. The summed E-state index contributed by atoms with van der Waals surface area (Å²) in [4.78, 5) is 23.0. The summed E-state index contributed by atoms with van der Waals surface area (Å²) in [6, 6.07) is 2.99. The number of amides is 1. The Bertz CT molecular complexity index is 418. The Morgan fingerprint density at radius 1 is 1.29 bits per heavy atom. The molecule has 2 N–H and O–H groups in total. The van der Waals surface area contributed by atoms with Crippen LogP contribution in [0.25, 0.3) is 0 Å². The van der Waals surface area contributed by atoms with E-state index in [9.17, 15) is 9.59 Å². The quantitative estimate of drug-likeness (QED) is 0.869. The van der Waals surface area contributed by atoms with Crippen molar-refractivity contribution in [1.82, 2.24) is 5.32 Å². The van der Waals surface area contributed by atoms with Crippen molar-refractivity contribution in [3.05, 3.63) is 21.9 Å². The van der Waals surface area contributed by atoms with Gasteiger partial charge in [0.2, 0.25) is 0 Å². The van der Waals surface area contributed by atoms with Crippen LogP contribution in [0.2, 0.25) is 0 Å². The van der Waals surface area contributed by atoms with Crippen molar-refractivity contribution in [1.29, 1.82) is 0 Å². The maximum absolute atomic E-state index is 11.7. The molecule has 1 amide bonds. The molecule has 0 aliphatic rings. The Labute approximate surface area is 105 Å². The number of hydrogen-bond acceptors (Lipinski definition) is 3. The monoisotopic (exact) mass is 255 g/mol. The number of thiophene rings is 1. The van der Waals surface area contributed by atoms with Crippen molar-refractivity contribution in [3.63, 3.8) is 0 Å². The van der Waals surface area contributed by atoms with Crippen LogP contribution in [0.1, 0.15) is 46.5 Å². The molecule has 5 heteroatoms. The smallest absolute Gasteiger partial charge is 0.345 e. The summed E-state index contributed by atoms with van der Waals surface area (Å²) in [5.41, 5.74) is 0.176. The Hall–Kier alpha value is -1.36. The predicted molar refractivity (Wildman–Crippen MR) is 67.7 cm³/mol. The van der Waals surface area contributed by atoms with E-state index in [4.69, 9.17) is 5.11 Å². The van der Waals surface area contributed by atoms with Crippen molar-refractivity contribution in [2.45, 2.75) is 27.2 Å². The van der Waals surface area contributed by atoms with Crippen molar-refractivity contribution < 1.29 is 14.7 Å². The van der Waals surface area contributed by atoms with Gasteiger partial charge in [-0.2, -0.15) is 0 Å². The van der Waals surface area contributed by atoms with Crippen molar-refractivity contribution in [2.24, 2.45) is 5.41 Å². The first-order valence-corrected chi connectivity index (χ1v) is 6.22. The van der Waals surface area contributed by atoms with Crippen LogP contribution >= 0.6 is 11.3 Å². The molecule has 0 aliphatic carbocycles. The van der Waals surface area contributed by atoms with Crippen LogP contribution < -0.4 is 5.32 Å². The fourth-order valence-corrected chi connectivity index (χ4v) is 1.97. The van der Waals surface area contributed by atoms with E-state index in [1.807, 2.05) is 0 Å². The van der Waals surface area contributed by atoms with E-state index in [0.717, 1.165) is 17.8 Å². The molecule has 0 spiro atoms. The number of nitrogens with one attached hydrogen (secondary N) is 1. The Balaban J connectivity index is 2.50. The molecule has 0 bridgehead atoms. The lowest BCUT2D eigenvalue weighted by Gasteiger charge is -2.17. The fraction of sp³-hybridized carbons (Fsp3) is 0.500. The van der Waals surface area contributed by atoms with Crippen LogP contribution in [-0.2, 0) is 0 Å². The fourth-order valence-electron chi connectivity index (χ4n) is 1.21. The van der Waals surface area contributed by atoms with Crippen LogP contribution in [0, 0.1) is 5.41 Å². The van der Waals surface area contributed by atoms with Gasteiger partial charge >= 0.3 is 5.97 Å². The molecule has 0 atom stereocenters. The molecule has 0 aromatic carbocycles. The van der Waals surface area contributed by atoms with Gasteiger partial charge in [0, 0.05) is 6.54 Å². The molecule has 0 fully saturated rings. The lowest BCUT2D eigenvalue weighted by atomic mass is 9.92. The van der Waals surface area contributed by atoms with Crippen molar-refractivity contribution >= 4 is 23.2 Å². The molecule has 4 nitrogen and oxygen atoms in total. The SMILES string of the molecule is CC(C)(C)CCNC(=O)c1ccc(C(=O)O)s1. The maximum Gasteiger partial charge on any atom is 0.345 e. The minimum absolute atomic E-state index is 0.176. The normalized spacial score (nSPS) is 11.2. The Morgan fingerprint density at radius 2 is 1.88 bits per heavy atom. The number of carbonyl (C=O) groups is 2. The minimum atomic E-state index is -0.997. The van der Waals surface area contributed by atoms with Gasteiger partial charge in [-0.3, -0.25) is 4.79 Å². The Kier molecular flexibility index (Phi) is 4.28. The zero-order valence-electron chi connectivity index (χ0n) is 10.2. The third kappa shape index (κ3) is 4.56. The zero-order valence-corrected chi connectivity index (χ0v) is 11.1. The van der Waals surface area contributed by atoms with Crippen LogP contribution in [0.4, 0.5) is 0 Å². The van der Waals surface area contributed by atoms with E-state index in [1.165, 1.54) is 6.07 Å². The minimum Gasteiger partial charge on any atom is -0.477 e. The van der Waals surface area contributed by atoms with E-state index >= 15 is 0 Å². The first-order valence-electron chi connectivity index (χ1n) is 5.41. The van der Waals surface area contributed by atoms with Crippen LogP contribution in [0.3, 0.4) is 0 Å².